The van der Waals surface area contributed by atoms with Crippen LogP contribution in [0.1, 0.15) is 32.1 Å². The number of carbonyl (C=O) groups is 1. The summed E-state index contributed by atoms with van der Waals surface area (Å²) in [6.07, 6.45) is 5.61. The van der Waals surface area contributed by atoms with E-state index in [0.29, 0.717) is 0 Å². The first kappa shape index (κ1) is 11.9. The summed E-state index contributed by atoms with van der Waals surface area (Å²) < 4.78 is 0. The van der Waals surface area contributed by atoms with Gasteiger partial charge in [-0.05, 0) is 12.8 Å². The zero-order valence-electron chi connectivity index (χ0n) is 7.34. The second-order valence-electron chi connectivity index (χ2n) is 2.96. The fourth-order valence-corrected chi connectivity index (χ4v) is 1.52. The summed E-state index contributed by atoms with van der Waals surface area (Å²) in [5.74, 6) is 0.0587. The molecule has 0 aliphatic heterocycles. The highest BCUT2D eigenvalue weighted by atomic mass is 79.9. The van der Waals surface area contributed by atoms with E-state index in [1.54, 1.807) is 7.05 Å². The molecule has 1 fully saturated rings. The molecule has 3 nitrogen and oxygen atoms in total. The molecule has 1 saturated carbocycles. The maximum absolute atomic E-state index is 11.1. The predicted molar refractivity (Wildman–Crippen MR) is 52.0 cm³/mol. The summed E-state index contributed by atoms with van der Waals surface area (Å²) >= 11 is 0. The SMILES string of the molecule is Br.CNOC(=O)C1CCCCC1. The van der Waals surface area contributed by atoms with E-state index < -0.39 is 0 Å². The molecule has 0 amide bonds. The molecule has 0 spiro atoms. The molecule has 0 saturated heterocycles. The third-order valence-electron chi connectivity index (χ3n) is 2.14. The largest absolute Gasteiger partial charge is 0.371 e. The quantitative estimate of drug-likeness (QED) is 0.746. The van der Waals surface area contributed by atoms with Crippen molar-refractivity contribution in [2.24, 2.45) is 5.92 Å². The summed E-state index contributed by atoms with van der Waals surface area (Å²) in [5.41, 5.74) is 2.42. The average Bonchev–Trinajstić information content (AvgIpc) is 2.07. The van der Waals surface area contributed by atoms with Crippen LogP contribution in [0, 0.1) is 5.92 Å². The van der Waals surface area contributed by atoms with Gasteiger partial charge in [-0.1, -0.05) is 19.3 Å². The van der Waals surface area contributed by atoms with Crippen molar-refractivity contribution < 1.29 is 9.63 Å². The van der Waals surface area contributed by atoms with Crippen molar-refractivity contribution in [3.8, 4) is 0 Å². The highest BCUT2D eigenvalue weighted by Crippen LogP contribution is 2.24. The van der Waals surface area contributed by atoms with E-state index in [-0.39, 0.29) is 28.9 Å². The van der Waals surface area contributed by atoms with Gasteiger partial charge in [0.2, 0.25) is 0 Å². The fraction of sp³-hybridized carbons (Fsp3) is 0.875. The Kier molecular flexibility index (Phi) is 6.38. The Bertz CT molecular complexity index is 135. The van der Waals surface area contributed by atoms with Crippen LogP contribution in [0.2, 0.25) is 0 Å². The lowest BCUT2D eigenvalue weighted by molar-refractivity contribution is -0.156. The number of hydrogen-bond donors (Lipinski definition) is 1. The van der Waals surface area contributed by atoms with Gasteiger partial charge in [-0.15, -0.1) is 17.0 Å². The molecule has 0 aromatic carbocycles. The molecule has 72 valence electrons. The number of halogens is 1. The molecule has 0 radical (unpaired) electrons. The minimum absolute atomic E-state index is 0. The third-order valence-corrected chi connectivity index (χ3v) is 2.14. The zero-order valence-corrected chi connectivity index (χ0v) is 9.05. The van der Waals surface area contributed by atoms with Gasteiger partial charge in [0.05, 0.1) is 5.92 Å². The maximum atomic E-state index is 11.1. The molecule has 0 aromatic rings. The predicted octanol–water partition coefficient (Wildman–Crippen LogP) is 1.82. The van der Waals surface area contributed by atoms with Crippen molar-refractivity contribution >= 4 is 23.0 Å². The molecule has 1 N–H and O–H groups in total. The standard InChI is InChI=1S/C8H15NO2.BrH/c1-9-11-8(10)7-5-3-2-4-6-7;/h7,9H,2-6H2,1H3;1H. The number of hydrogen-bond acceptors (Lipinski definition) is 3. The number of hydroxylamine groups is 1. The second kappa shape index (κ2) is 6.43. The van der Waals surface area contributed by atoms with Gasteiger partial charge in [0.15, 0.2) is 0 Å². The average molecular weight is 238 g/mol. The van der Waals surface area contributed by atoms with E-state index in [2.05, 4.69) is 5.48 Å². The van der Waals surface area contributed by atoms with Crippen LogP contribution in [0.5, 0.6) is 0 Å². The van der Waals surface area contributed by atoms with E-state index in [0.717, 1.165) is 12.8 Å². The Hall–Kier alpha value is -0.0900. The summed E-state index contributed by atoms with van der Waals surface area (Å²) in [6, 6.07) is 0. The molecule has 0 unspecified atom stereocenters. The van der Waals surface area contributed by atoms with E-state index in [4.69, 9.17) is 4.84 Å². The van der Waals surface area contributed by atoms with Gasteiger partial charge in [0.25, 0.3) is 0 Å². The van der Waals surface area contributed by atoms with Gasteiger partial charge < -0.3 is 4.84 Å². The third kappa shape index (κ3) is 3.54. The molecule has 0 bridgehead atoms. The van der Waals surface area contributed by atoms with Crippen molar-refractivity contribution in [3.05, 3.63) is 0 Å². The van der Waals surface area contributed by atoms with Crippen molar-refractivity contribution in [1.82, 2.24) is 5.48 Å². The Morgan fingerprint density at radius 3 is 2.42 bits per heavy atom. The van der Waals surface area contributed by atoms with E-state index >= 15 is 0 Å². The topological polar surface area (TPSA) is 38.3 Å². The molecular weight excluding hydrogens is 222 g/mol. The van der Waals surface area contributed by atoms with Crippen LogP contribution < -0.4 is 5.48 Å². The van der Waals surface area contributed by atoms with Crippen LogP contribution in [0.4, 0.5) is 0 Å². The Morgan fingerprint density at radius 2 is 1.92 bits per heavy atom. The maximum Gasteiger partial charge on any atom is 0.327 e. The summed E-state index contributed by atoms with van der Waals surface area (Å²) in [7, 11) is 1.61. The van der Waals surface area contributed by atoms with Crippen molar-refractivity contribution in [1.29, 1.82) is 0 Å². The van der Waals surface area contributed by atoms with Crippen molar-refractivity contribution in [2.45, 2.75) is 32.1 Å². The summed E-state index contributed by atoms with van der Waals surface area (Å²) in [6.45, 7) is 0. The van der Waals surface area contributed by atoms with Gasteiger partial charge in [-0.25, -0.2) is 0 Å². The molecule has 4 heteroatoms. The molecule has 1 aliphatic carbocycles. The molecule has 12 heavy (non-hydrogen) atoms. The highest BCUT2D eigenvalue weighted by Gasteiger charge is 2.22. The van der Waals surface area contributed by atoms with E-state index in [1.807, 2.05) is 0 Å². The van der Waals surface area contributed by atoms with Gasteiger partial charge in [-0.2, -0.15) is 5.48 Å². The molecule has 0 aromatic heterocycles. The van der Waals surface area contributed by atoms with Crippen LogP contribution in [-0.2, 0) is 9.63 Å². The number of nitrogens with one attached hydrogen (secondary N) is 1. The lowest BCUT2D eigenvalue weighted by Gasteiger charge is -2.18. The first-order valence-electron chi connectivity index (χ1n) is 4.22. The van der Waals surface area contributed by atoms with Crippen LogP contribution in [0.3, 0.4) is 0 Å². The van der Waals surface area contributed by atoms with Crippen molar-refractivity contribution in [3.63, 3.8) is 0 Å². The summed E-state index contributed by atoms with van der Waals surface area (Å²) in [4.78, 5) is 15.8. The number of carbonyl (C=O) groups excluding carboxylic acids is 1. The van der Waals surface area contributed by atoms with E-state index in [1.165, 1.54) is 19.3 Å². The van der Waals surface area contributed by atoms with Crippen LogP contribution >= 0.6 is 17.0 Å². The van der Waals surface area contributed by atoms with Crippen LogP contribution in [0.15, 0.2) is 0 Å². The van der Waals surface area contributed by atoms with Gasteiger partial charge in [0, 0.05) is 7.05 Å². The molecule has 1 rings (SSSR count). The monoisotopic (exact) mass is 237 g/mol. The first-order chi connectivity index (χ1) is 5.34. The second-order valence-corrected chi connectivity index (χ2v) is 2.96. The van der Waals surface area contributed by atoms with Crippen LogP contribution in [-0.4, -0.2) is 13.0 Å². The Labute approximate surface area is 83.6 Å². The normalized spacial score (nSPS) is 18.1. The first-order valence-corrected chi connectivity index (χ1v) is 4.22. The molecule has 0 heterocycles. The Morgan fingerprint density at radius 1 is 1.33 bits per heavy atom. The summed E-state index contributed by atoms with van der Waals surface area (Å²) in [5, 5.41) is 0. The smallest absolute Gasteiger partial charge is 0.327 e. The lowest BCUT2D eigenvalue weighted by Crippen LogP contribution is -2.24. The molecular formula is C8H16BrNO2. The number of rotatable bonds is 2. The van der Waals surface area contributed by atoms with Gasteiger partial charge in [-0.3, -0.25) is 4.79 Å². The molecule has 1 aliphatic rings. The fourth-order valence-electron chi connectivity index (χ4n) is 1.52. The highest BCUT2D eigenvalue weighted by molar-refractivity contribution is 8.93. The van der Waals surface area contributed by atoms with Crippen LogP contribution in [0.25, 0.3) is 0 Å². The van der Waals surface area contributed by atoms with E-state index in [9.17, 15) is 4.79 Å². The van der Waals surface area contributed by atoms with Crippen molar-refractivity contribution in [2.75, 3.05) is 7.05 Å². The Balaban J connectivity index is 0.00000121. The minimum atomic E-state index is -0.0906. The molecule has 0 atom stereocenters. The minimum Gasteiger partial charge on any atom is -0.371 e. The van der Waals surface area contributed by atoms with Gasteiger partial charge in [0.1, 0.15) is 0 Å². The zero-order chi connectivity index (χ0) is 8.10. The van der Waals surface area contributed by atoms with Gasteiger partial charge >= 0.3 is 5.97 Å². The lowest BCUT2D eigenvalue weighted by atomic mass is 9.89.